The molecule has 0 amide bonds. The summed E-state index contributed by atoms with van der Waals surface area (Å²) < 4.78 is 0. The fourth-order valence-corrected chi connectivity index (χ4v) is 0.989. The Morgan fingerprint density at radius 2 is 1.79 bits per heavy atom. The van der Waals surface area contributed by atoms with Crippen LogP contribution in [0.25, 0.3) is 0 Å². The first kappa shape index (κ1) is 10.6. The number of benzene rings is 1. The standard InChI is InChI=1S/C11H17N3/c1-9(14(3)4)13-11-7-5-10(12-2)6-8-11/h5-8,12H,1-4H3. The van der Waals surface area contributed by atoms with Gasteiger partial charge in [0, 0.05) is 26.8 Å². The lowest BCUT2D eigenvalue weighted by atomic mass is 10.3. The second-order valence-corrected chi connectivity index (χ2v) is 3.35. The first-order valence-corrected chi connectivity index (χ1v) is 4.64. The Kier molecular flexibility index (Phi) is 3.51. The number of nitrogens with zero attached hydrogens (tertiary/aromatic N) is 2. The number of aliphatic imine (C=N–C) groups is 1. The van der Waals surface area contributed by atoms with Crippen molar-refractivity contribution in [1.82, 2.24) is 4.90 Å². The lowest BCUT2D eigenvalue weighted by Crippen LogP contribution is -2.17. The van der Waals surface area contributed by atoms with Gasteiger partial charge in [-0.25, -0.2) is 4.99 Å². The van der Waals surface area contributed by atoms with Crippen LogP contribution in [-0.4, -0.2) is 31.9 Å². The van der Waals surface area contributed by atoms with Crippen LogP contribution in [-0.2, 0) is 0 Å². The maximum Gasteiger partial charge on any atom is 0.101 e. The van der Waals surface area contributed by atoms with Crippen LogP contribution in [0.2, 0.25) is 0 Å². The van der Waals surface area contributed by atoms with Gasteiger partial charge in [-0.2, -0.15) is 0 Å². The van der Waals surface area contributed by atoms with Gasteiger partial charge in [0.05, 0.1) is 5.69 Å². The van der Waals surface area contributed by atoms with Crippen LogP contribution in [0, 0.1) is 0 Å². The lowest BCUT2D eigenvalue weighted by Gasteiger charge is -2.10. The predicted molar refractivity (Wildman–Crippen MR) is 62.4 cm³/mol. The largest absolute Gasteiger partial charge is 0.388 e. The van der Waals surface area contributed by atoms with E-state index in [4.69, 9.17) is 0 Å². The van der Waals surface area contributed by atoms with E-state index in [-0.39, 0.29) is 0 Å². The highest BCUT2D eigenvalue weighted by atomic mass is 15.1. The summed E-state index contributed by atoms with van der Waals surface area (Å²) in [5.41, 5.74) is 2.08. The van der Waals surface area contributed by atoms with Crippen molar-refractivity contribution in [2.24, 2.45) is 4.99 Å². The smallest absolute Gasteiger partial charge is 0.101 e. The first-order chi connectivity index (χ1) is 6.63. The minimum absolute atomic E-state index is 0.982. The number of nitrogens with one attached hydrogen (secondary N) is 1. The summed E-state index contributed by atoms with van der Waals surface area (Å²) in [4.78, 5) is 6.44. The van der Waals surface area contributed by atoms with Crippen LogP contribution in [0.15, 0.2) is 29.3 Å². The monoisotopic (exact) mass is 191 g/mol. The molecule has 3 heteroatoms. The summed E-state index contributed by atoms with van der Waals surface area (Å²) in [6.45, 7) is 1.99. The number of rotatable bonds is 2. The van der Waals surface area contributed by atoms with Gasteiger partial charge in [0.1, 0.15) is 5.84 Å². The molecule has 14 heavy (non-hydrogen) atoms. The molecular formula is C11H17N3. The Labute approximate surface area is 85.5 Å². The highest BCUT2D eigenvalue weighted by Crippen LogP contribution is 2.16. The van der Waals surface area contributed by atoms with Crippen molar-refractivity contribution in [2.45, 2.75) is 6.92 Å². The third-order valence-corrected chi connectivity index (χ3v) is 2.09. The number of anilines is 1. The fourth-order valence-electron chi connectivity index (χ4n) is 0.989. The molecule has 0 bridgehead atoms. The van der Waals surface area contributed by atoms with Gasteiger partial charge in [-0.3, -0.25) is 0 Å². The number of hydrogen-bond acceptors (Lipinski definition) is 2. The van der Waals surface area contributed by atoms with Crippen molar-refractivity contribution in [3.05, 3.63) is 24.3 Å². The van der Waals surface area contributed by atoms with E-state index in [0.717, 1.165) is 17.2 Å². The third-order valence-electron chi connectivity index (χ3n) is 2.09. The van der Waals surface area contributed by atoms with Gasteiger partial charge >= 0.3 is 0 Å². The average molecular weight is 191 g/mol. The Morgan fingerprint density at radius 1 is 1.21 bits per heavy atom. The van der Waals surface area contributed by atoms with Crippen LogP contribution < -0.4 is 5.32 Å². The number of hydrogen-bond donors (Lipinski definition) is 1. The van der Waals surface area contributed by atoms with Crippen molar-refractivity contribution in [3.63, 3.8) is 0 Å². The first-order valence-electron chi connectivity index (χ1n) is 4.64. The molecule has 0 aliphatic carbocycles. The molecule has 0 atom stereocenters. The molecule has 0 saturated heterocycles. The SMILES string of the molecule is CNc1ccc(N=C(C)N(C)C)cc1. The van der Waals surface area contributed by atoms with Gasteiger partial charge in [0.25, 0.3) is 0 Å². The maximum atomic E-state index is 4.45. The van der Waals surface area contributed by atoms with E-state index >= 15 is 0 Å². The van der Waals surface area contributed by atoms with E-state index in [1.807, 2.05) is 57.2 Å². The molecule has 0 aliphatic heterocycles. The molecule has 1 aromatic rings. The van der Waals surface area contributed by atoms with E-state index < -0.39 is 0 Å². The summed E-state index contributed by atoms with van der Waals surface area (Å²) >= 11 is 0. The second-order valence-electron chi connectivity index (χ2n) is 3.35. The maximum absolute atomic E-state index is 4.45. The third kappa shape index (κ3) is 2.76. The van der Waals surface area contributed by atoms with Gasteiger partial charge in [-0.1, -0.05) is 0 Å². The molecular weight excluding hydrogens is 174 g/mol. The molecule has 1 N–H and O–H groups in total. The molecule has 0 aliphatic rings. The molecule has 0 saturated carbocycles. The summed E-state index contributed by atoms with van der Waals surface area (Å²) in [6.07, 6.45) is 0. The van der Waals surface area contributed by atoms with E-state index in [2.05, 4.69) is 10.3 Å². The highest BCUT2D eigenvalue weighted by Gasteiger charge is 1.94. The van der Waals surface area contributed by atoms with Crippen LogP contribution in [0.5, 0.6) is 0 Å². The van der Waals surface area contributed by atoms with E-state index in [0.29, 0.717) is 0 Å². The van der Waals surface area contributed by atoms with Crippen LogP contribution in [0.4, 0.5) is 11.4 Å². The van der Waals surface area contributed by atoms with Crippen LogP contribution in [0.1, 0.15) is 6.92 Å². The zero-order valence-electron chi connectivity index (χ0n) is 9.20. The minimum atomic E-state index is 0.982. The Bertz CT molecular complexity index is 312. The highest BCUT2D eigenvalue weighted by molar-refractivity contribution is 5.82. The van der Waals surface area contributed by atoms with Crippen molar-refractivity contribution < 1.29 is 0 Å². The van der Waals surface area contributed by atoms with Crippen molar-refractivity contribution in [2.75, 3.05) is 26.5 Å². The van der Waals surface area contributed by atoms with E-state index in [9.17, 15) is 0 Å². The van der Waals surface area contributed by atoms with Gasteiger partial charge in [0.2, 0.25) is 0 Å². The molecule has 0 aromatic heterocycles. The van der Waals surface area contributed by atoms with Gasteiger partial charge < -0.3 is 10.2 Å². The zero-order chi connectivity index (χ0) is 10.6. The molecule has 0 spiro atoms. The Morgan fingerprint density at radius 3 is 2.21 bits per heavy atom. The minimum Gasteiger partial charge on any atom is -0.388 e. The Balaban J connectivity index is 2.83. The van der Waals surface area contributed by atoms with Crippen molar-refractivity contribution in [1.29, 1.82) is 0 Å². The molecule has 0 unspecified atom stereocenters. The molecule has 0 fully saturated rings. The molecule has 3 nitrogen and oxygen atoms in total. The van der Waals surface area contributed by atoms with E-state index in [1.54, 1.807) is 0 Å². The molecule has 0 radical (unpaired) electrons. The quantitative estimate of drug-likeness (QED) is 0.574. The van der Waals surface area contributed by atoms with Crippen LogP contribution >= 0.6 is 0 Å². The Hall–Kier alpha value is -1.51. The summed E-state index contributed by atoms with van der Waals surface area (Å²) in [5, 5.41) is 3.07. The van der Waals surface area contributed by atoms with Crippen molar-refractivity contribution >= 4 is 17.2 Å². The average Bonchev–Trinajstić information content (AvgIpc) is 2.19. The fraction of sp³-hybridized carbons (Fsp3) is 0.364. The summed E-state index contributed by atoms with van der Waals surface area (Å²) in [5.74, 6) is 1.00. The molecule has 76 valence electrons. The van der Waals surface area contributed by atoms with Gasteiger partial charge in [0.15, 0.2) is 0 Å². The normalized spacial score (nSPS) is 11.3. The van der Waals surface area contributed by atoms with E-state index in [1.165, 1.54) is 0 Å². The summed E-state index contributed by atoms with van der Waals surface area (Å²) in [7, 11) is 5.88. The topological polar surface area (TPSA) is 27.6 Å². The predicted octanol–water partition coefficient (Wildman–Crippen LogP) is 2.34. The molecule has 0 heterocycles. The lowest BCUT2D eigenvalue weighted by molar-refractivity contribution is 0.619. The molecule has 1 aromatic carbocycles. The van der Waals surface area contributed by atoms with Gasteiger partial charge in [-0.15, -0.1) is 0 Å². The summed E-state index contributed by atoms with van der Waals surface area (Å²) in [6, 6.07) is 8.03. The number of amidine groups is 1. The van der Waals surface area contributed by atoms with Gasteiger partial charge in [-0.05, 0) is 31.2 Å². The zero-order valence-corrected chi connectivity index (χ0v) is 9.20. The van der Waals surface area contributed by atoms with Crippen molar-refractivity contribution in [3.8, 4) is 0 Å². The molecule has 1 rings (SSSR count). The second kappa shape index (κ2) is 4.65. The van der Waals surface area contributed by atoms with Crippen LogP contribution in [0.3, 0.4) is 0 Å².